The molecule has 3 nitrogen and oxygen atoms in total. The molecule has 0 atom stereocenters. The van der Waals surface area contributed by atoms with Crippen LogP contribution < -0.4 is 4.74 Å². The van der Waals surface area contributed by atoms with Gasteiger partial charge in [0, 0.05) is 11.6 Å². The minimum Gasteiger partial charge on any atom is -0.507 e. The number of ether oxygens (including phenoxy) is 1. The van der Waals surface area contributed by atoms with Crippen molar-refractivity contribution in [2.45, 2.75) is 59.1 Å². The van der Waals surface area contributed by atoms with Crippen molar-refractivity contribution in [1.82, 2.24) is 0 Å². The highest BCUT2D eigenvalue weighted by molar-refractivity contribution is 5.73. The summed E-state index contributed by atoms with van der Waals surface area (Å²) < 4.78 is 44.9. The summed E-state index contributed by atoms with van der Waals surface area (Å²) in [5.74, 6) is 0.431. The summed E-state index contributed by atoms with van der Waals surface area (Å²) in [6, 6.07) is 10.4. The Morgan fingerprint density at radius 1 is 1.07 bits per heavy atom. The third kappa shape index (κ3) is 6.41. The van der Waals surface area contributed by atoms with Gasteiger partial charge in [0.1, 0.15) is 11.5 Å². The molecule has 1 N–H and O–H groups in total. The number of hydrogen-bond acceptors (Lipinski definition) is 3. The van der Waals surface area contributed by atoms with E-state index in [0.29, 0.717) is 29.9 Å². The number of alkyl halides is 3. The second kappa shape index (κ2) is 9.88. The summed E-state index contributed by atoms with van der Waals surface area (Å²) in [7, 11) is 0. The van der Waals surface area contributed by atoms with Gasteiger partial charge in [0.05, 0.1) is 23.7 Å². The maximum atomic E-state index is 13.0. The van der Waals surface area contributed by atoms with Crippen LogP contribution in [0, 0.1) is 16.7 Å². The zero-order valence-corrected chi connectivity index (χ0v) is 17.6. The molecule has 6 heteroatoms. The first-order chi connectivity index (χ1) is 14.1. The average molecular weight is 419 g/mol. The highest BCUT2D eigenvalue weighted by atomic mass is 19.4. The van der Waals surface area contributed by atoms with Crippen molar-refractivity contribution in [3.8, 4) is 28.7 Å². The third-order valence-corrected chi connectivity index (χ3v) is 5.07. The van der Waals surface area contributed by atoms with E-state index >= 15 is 0 Å². The number of unbranched alkanes of at least 4 members (excludes halogenated alkanes) is 2. The first-order valence-corrected chi connectivity index (χ1v) is 10.1. The van der Waals surface area contributed by atoms with Crippen LogP contribution in [0.25, 0.3) is 11.1 Å². The van der Waals surface area contributed by atoms with Crippen molar-refractivity contribution in [2.24, 2.45) is 5.41 Å². The van der Waals surface area contributed by atoms with Gasteiger partial charge in [-0.25, -0.2) is 0 Å². The Balaban J connectivity index is 2.07. The smallest absolute Gasteiger partial charge is 0.416 e. The van der Waals surface area contributed by atoms with Gasteiger partial charge in [0.15, 0.2) is 0 Å². The van der Waals surface area contributed by atoms with Crippen molar-refractivity contribution in [2.75, 3.05) is 6.61 Å². The normalized spacial score (nSPS) is 11.9. The fraction of sp³-hybridized carbons (Fsp3) is 0.458. The first-order valence-electron chi connectivity index (χ1n) is 10.1. The van der Waals surface area contributed by atoms with Crippen LogP contribution in [0.5, 0.6) is 11.5 Å². The maximum Gasteiger partial charge on any atom is 0.416 e. The number of benzene rings is 2. The predicted octanol–water partition coefficient (Wildman–Crippen LogP) is 7.13. The van der Waals surface area contributed by atoms with E-state index in [9.17, 15) is 18.3 Å². The van der Waals surface area contributed by atoms with Gasteiger partial charge in [-0.1, -0.05) is 31.9 Å². The van der Waals surface area contributed by atoms with E-state index in [1.54, 1.807) is 12.1 Å². The summed E-state index contributed by atoms with van der Waals surface area (Å²) in [5, 5.41) is 19.5. The fourth-order valence-corrected chi connectivity index (χ4v) is 3.20. The number of halogens is 3. The van der Waals surface area contributed by atoms with Gasteiger partial charge >= 0.3 is 6.18 Å². The number of phenolic OH excluding ortho intramolecular Hbond substituents is 1. The quantitative estimate of drug-likeness (QED) is 0.440. The summed E-state index contributed by atoms with van der Waals surface area (Å²) >= 11 is 0. The molecule has 0 aliphatic rings. The zero-order valence-electron chi connectivity index (χ0n) is 17.6. The molecule has 0 heterocycles. The second-order valence-electron chi connectivity index (χ2n) is 8.06. The lowest BCUT2D eigenvalue weighted by Gasteiger charge is -2.16. The van der Waals surface area contributed by atoms with Crippen LogP contribution in [-0.2, 0) is 12.6 Å². The molecule has 0 radical (unpaired) electrons. The molecule has 0 unspecified atom stereocenters. The zero-order chi connectivity index (χ0) is 22.4. The van der Waals surface area contributed by atoms with Crippen molar-refractivity contribution in [3.05, 3.63) is 47.5 Å². The minimum atomic E-state index is -4.44. The van der Waals surface area contributed by atoms with Crippen LogP contribution in [0.2, 0.25) is 0 Å². The molecule has 0 aliphatic carbocycles. The van der Waals surface area contributed by atoms with Crippen molar-refractivity contribution in [3.63, 3.8) is 0 Å². The lowest BCUT2D eigenvalue weighted by Crippen LogP contribution is -2.07. The average Bonchev–Trinajstić information content (AvgIpc) is 2.70. The fourth-order valence-electron chi connectivity index (χ4n) is 3.20. The largest absolute Gasteiger partial charge is 0.507 e. The molecule has 0 amide bonds. The topological polar surface area (TPSA) is 53.2 Å². The Bertz CT molecular complexity index is 898. The molecule has 162 valence electrons. The number of aryl methyl sites for hydroxylation is 1. The molecule has 2 aromatic rings. The van der Waals surface area contributed by atoms with Crippen LogP contribution in [0.3, 0.4) is 0 Å². The predicted molar refractivity (Wildman–Crippen MR) is 111 cm³/mol. The van der Waals surface area contributed by atoms with Gasteiger partial charge < -0.3 is 9.84 Å². The number of rotatable bonds is 9. The van der Waals surface area contributed by atoms with Crippen molar-refractivity contribution >= 4 is 0 Å². The monoisotopic (exact) mass is 419 g/mol. The van der Waals surface area contributed by atoms with E-state index in [1.165, 1.54) is 12.1 Å². The Morgan fingerprint density at radius 2 is 1.80 bits per heavy atom. The number of hydrogen-bond donors (Lipinski definition) is 1. The Morgan fingerprint density at radius 3 is 2.43 bits per heavy atom. The van der Waals surface area contributed by atoms with Crippen LogP contribution >= 0.6 is 0 Å². The summed E-state index contributed by atoms with van der Waals surface area (Å²) in [5.41, 5.74) is 0.414. The number of nitriles is 1. The van der Waals surface area contributed by atoms with E-state index in [1.807, 2.05) is 20.8 Å². The number of aromatic hydroxyl groups is 1. The maximum absolute atomic E-state index is 13.0. The van der Waals surface area contributed by atoms with E-state index in [2.05, 4.69) is 6.07 Å². The SMILES string of the molecule is CCc1cc(-c2cccc(C(F)(F)F)c2)c(O)cc1OCCCCCC(C)(C)C#N. The van der Waals surface area contributed by atoms with Crippen LogP contribution in [0.1, 0.15) is 57.6 Å². The van der Waals surface area contributed by atoms with Gasteiger partial charge in [-0.2, -0.15) is 18.4 Å². The molecule has 0 fully saturated rings. The van der Waals surface area contributed by atoms with E-state index in [0.717, 1.165) is 43.4 Å². The lowest BCUT2D eigenvalue weighted by atomic mass is 9.89. The highest BCUT2D eigenvalue weighted by Crippen LogP contribution is 2.38. The molecule has 0 spiro atoms. The molecule has 2 rings (SSSR count). The molecule has 2 aromatic carbocycles. The lowest BCUT2D eigenvalue weighted by molar-refractivity contribution is -0.137. The van der Waals surface area contributed by atoms with Gasteiger partial charge in [-0.05, 0) is 62.4 Å². The van der Waals surface area contributed by atoms with Crippen molar-refractivity contribution in [1.29, 1.82) is 5.26 Å². The number of phenols is 1. The van der Waals surface area contributed by atoms with E-state index in [4.69, 9.17) is 10.00 Å². The molecular formula is C24H28F3NO2. The summed E-state index contributed by atoms with van der Waals surface area (Å²) in [6.45, 7) is 6.25. The van der Waals surface area contributed by atoms with Crippen molar-refractivity contribution < 1.29 is 23.0 Å². The molecule has 30 heavy (non-hydrogen) atoms. The van der Waals surface area contributed by atoms with Gasteiger partial charge in [-0.3, -0.25) is 0 Å². The highest BCUT2D eigenvalue weighted by Gasteiger charge is 2.30. The van der Waals surface area contributed by atoms with Gasteiger partial charge in [-0.15, -0.1) is 0 Å². The third-order valence-electron chi connectivity index (χ3n) is 5.07. The molecule has 0 saturated heterocycles. The summed E-state index contributed by atoms with van der Waals surface area (Å²) in [4.78, 5) is 0. The van der Waals surface area contributed by atoms with E-state index < -0.39 is 11.7 Å². The van der Waals surface area contributed by atoms with Crippen LogP contribution in [0.4, 0.5) is 13.2 Å². The standard InChI is InChI=1S/C24H28F3NO2/c1-4-17-14-20(18-9-8-10-19(13-18)24(25,26)27)21(29)15-22(17)30-12-7-5-6-11-23(2,3)16-28/h8-10,13-15,29H,4-7,11-12H2,1-3H3. The Kier molecular flexibility index (Phi) is 7.77. The first kappa shape index (κ1) is 23.6. The van der Waals surface area contributed by atoms with Crippen LogP contribution in [0.15, 0.2) is 36.4 Å². The van der Waals surface area contributed by atoms with Gasteiger partial charge in [0.2, 0.25) is 0 Å². The van der Waals surface area contributed by atoms with Crippen LogP contribution in [-0.4, -0.2) is 11.7 Å². The molecule has 0 bridgehead atoms. The molecule has 0 aromatic heterocycles. The van der Waals surface area contributed by atoms with E-state index in [-0.39, 0.29) is 11.2 Å². The Labute approximate surface area is 176 Å². The summed E-state index contributed by atoms with van der Waals surface area (Å²) in [6.07, 6.45) is -0.301. The molecule has 0 saturated carbocycles. The number of nitrogens with zero attached hydrogens (tertiary/aromatic N) is 1. The van der Waals surface area contributed by atoms with Gasteiger partial charge in [0.25, 0.3) is 0 Å². The molecule has 0 aliphatic heterocycles. The molecular weight excluding hydrogens is 391 g/mol. The minimum absolute atomic E-state index is 0.114. The second-order valence-corrected chi connectivity index (χ2v) is 8.06. The Hall–Kier alpha value is -2.68.